The zero-order valence-electron chi connectivity index (χ0n) is 17.8. The number of H-pyrrole nitrogens is 1. The molecule has 3 aromatic rings. The molecule has 2 N–H and O–H groups in total. The Morgan fingerprint density at radius 3 is 2.57 bits per heavy atom. The van der Waals surface area contributed by atoms with Crippen molar-refractivity contribution in [3.05, 3.63) is 57.6 Å². The Morgan fingerprint density at radius 2 is 1.87 bits per heavy atom. The van der Waals surface area contributed by atoms with Crippen LogP contribution in [0.3, 0.4) is 0 Å². The van der Waals surface area contributed by atoms with Crippen molar-refractivity contribution in [2.75, 3.05) is 33.1 Å². The molecule has 0 spiro atoms. The monoisotopic (exact) mass is 410 g/mol. The predicted octanol–water partition coefficient (Wildman–Crippen LogP) is 2.63. The Bertz CT molecular complexity index is 1140. The highest BCUT2D eigenvalue weighted by Gasteiger charge is 2.14. The second-order valence-corrected chi connectivity index (χ2v) is 7.20. The van der Waals surface area contributed by atoms with Crippen LogP contribution in [-0.4, -0.2) is 48.6 Å². The minimum absolute atomic E-state index is 0.138. The number of carbonyl (C=O) groups excluding carboxylic acids is 1. The maximum Gasteiger partial charge on any atom is 0.258 e. The first-order valence-electron chi connectivity index (χ1n) is 9.52. The van der Waals surface area contributed by atoms with E-state index in [9.17, 15) is 9.59 Å². The lowest BCUT2D eigenvalue weighted by Gasteiger charge is -2.17. The third-order valence-corrected chi connectivity index (χ3v) is 4.97. The summed E-state index contributed by atoms with van der Waals surface area (Å²) in [6, 6.07) is 9.06. The summed E-state index contributed by atoms with van der Waals surface area (Å²) >= 11 is 0. The lowest BCUT2D eigenvalue weighted by atomic mass is 10.1. The van der Waals surface area contributed by atoms with Gasteiger partial charge in [-0.3, -0.25) is 14.5 Å². The molecule has 1 aromatic heterocycles. The normalized spacial score (nSPS) is 11.0. The standard InChI is InChI=1S/C22H26N4O4/c1-13-7-6-8-16(14(13)2)24-21(27)12-26(3)11-20-23-17-10-19(30-5)18(29-4)9-15(17)22(28)25-20/h6-10H,11-12H2,1-5H3,(H,24,27)(H,23,25,28). The molecule has 8 heteroatoms. The highest BCUT2D eigenvalue weighted by molar-refractivity contribution is 5.93. The molecule has 0 aliphatic carbocycles. The van der Waals surface area contributed by atoms with Crippen LogP contribution in [0.15, 0.2) is 35.1 Å². The molecule has 1 heterocycles. The van der Waals surface area contributed by atoms with Crippen LogP contribution < -0.4 is 20.3 Å². The van der Waals surface area contributed by atoms with Gasteiger partial charge in [0.05, 0.1) is 38.2 Å². The number of aromatic amines is 1. The topological polar surface area (TPSA) is 96.5 Å². The van der Waals surface area contributed by atoms with Crippen molar-refractivity contribution >= 4 is 22.5 Å². The molecule has 158 valence electrons. The maximum absolute atomic E-state index is 12.5. The summed E-state index contributed by atoms with van der Waals surface area (Å²) in [7, 11) is 4.83. The number of anilines is 1. The van der Waals surface area contributed by atoms with Gasteiger partial charge in [0.15, 0.2) is 11.5 Å². The largest absolute Gasteiger partial charge is 0.493 e. The van der Waals surface area contributed by atoms with Crippen molar-refractivity contribution in [3.63, 3.8) is 0 Å². The van der Waals surface area contributed by atoms with E-state index in [2.05, 4.69) is 15.3 Å². The fourth-order valence-corrected chi connectivity index (χ4v) is 3.22. The first-order valence-corrected chi connectivity index (χ1v) is 9.52. The molecule has 0 saturated heterocycles. The van der Waals surface area contributed by atoms with E-state index < -0.39 is 0 Å². The van der Waals surface area contributed by atoms with Gasteiger partial charge >= 0.3 is 0 Å². The van der Waals surface area contributed by atoms with Gasteiger partial charge in [-0.2, -0.15) is 0 Å². The summed E-state index contributed by atoms with van der Waals surface area (Å²) in [5.41, 5.74) is 3.18. The Labute approximate surface area is 174 Å². The average molecular weight is 410 g/mol. The van der Waals surface area contributed by atoms with Gasteiger partial charge in [0.2, 0.25) is 5.91 Å². The molecular formula is C22H26N4O4. The van der Waals surface area contributed by atoms with Crippen molar-refractivity contribution in [2.45, 2.75) is 20.4 Å². The Morgan fingerprint density at radius 1 is 1.17 bits per heavy atom. The molecule has 2 aromatic carbocycles. The molecule has 0 aliphatic rings. The van der Waals surface area contributed by atoms with Crippen LogP contribution in [0.5, 0.6) is 11.5 Å². The van der Waals surface area contributed by atoms with Gasteiger partial charge in [-0.05, 0) is 44.2 Å². The second-order valence-electron chi connectivity index (χ2n) is 7.20. The number of aryl methyl sites for hydroxylation is 1. The van der Waals surface area contributed by atoms with E-state index in [1.165, 1.54) is 14.2 Å². The highest BCUT2D eigenvalue weighted by Crippen LogP contribution is 2.29. The molecule has 0 atom stereocenters. The number of nitrogens with one attached hydrogen (secondary N) is 2. The second kappa shape index (κ2) is 8.96. The van der Waals surface area contributed by atoms with E-state index >= 15 is 0 Å². The number of carbonyl (C=O) groups is 1. The zero-order valence-corrected chi connectivity index (χ0v) is 17.8. The Balaban J connectivity index is 1.74. The molecule has 1 amide bonds. The fourth-order valence-electron chi connectivity index (χ4n) is 3.22. The molecule has 3 rings (SSSR count). The molecule has 30 heavy (non-hydrogen) atoms. The van der Waals surface area contributed by atoms with Crippen LogP contribution in [0.4, 0.5) is 5.69 Å². The maximum atomic E-state index is 12.5. The number of methoxy groups -OCH3 is 2. The van der Waals surface area contributed by atoms with Crippen LogP contribution >= 0.6 is 0 Å². The van der Waals surface area contributed by atoms with Crippen LogP contribution in [0.1, 0.15) is 17.0 Å². The number of fused-ring (bicyclic) bond motifs is 1. The molecule has 8 nitrogen and oxygen atoms in total. The van der Waals surface area contributed by atoms with Gasteiger partial charge in [0.1, 0.15) is 5.82 Å². The number of hydrogen-bond acceptors (Lipinski definition) is 6. The Kier molecular flexibility index (Phi) is 6.37. The zero-order chi connectivity index (χ0) is 21.8. The molecule has 0 unspecified atom stereocenters. The fraction of sp³-hybridized carbons (Fsp3) is 0.318. The Hall–Kier alpha value is -3.39. The molecule has 0 aliphatic heterocycles. The van der Waals surface area contributed by atoms with Crippen LogP contribution in [0.2, 0.25) is 0 Å². The van der Waals surface area contributed by atoms with Crippen LogP contribution in [0, 0.1) is 13.8 Å². The molecule has 0 fully saturated rings. The summed E-state index contributed by atoms with van der Waals surface area (Å²) < 4.78 is 10.5. The summed E-state index contributed by atoms with van der Waals surface area (Å²) in [6.45, 7) is 4.44. The van der Waals surface area contributed by atoms with E-state index in [-0.39, 0.29) is 18.0 Å². The number of benzene rings is 2. The number of hydrogen-bond donors (Lipinski definition) is 2. The van der Waals surface area contributed by atoms with Gasteiger partial charge in [-0.15, -0.1) is 0 Å². The third kappa shape index (κ3) is 4.60. The summed E-state index contributed by atoms with van der Waals surface area (Å²) in [5, 5.41) is 3.34. The molecule has 0 bridgehead atoms. The average Bonchev–Trinajstić information content (AvgIpc) is 2.70. The minimum atomic E-state index is -0.274. The quantitative estimate of drug-likeness (QED) is 0.622. The van der Waals surface area contributed by atoms with E-state index in [1.54, 1.807) is 24.1 Å². The summed E-state index contributed by atoms with van der Waals surface area (Å²) in [5.74, 6) is 1.28. The number of aromatic nitrogens is 2. The van der Waals surface area contributed by atoms with Gasteiger partial charge in [-0.25, -0.2) is 4.98 Å². The summed E-state index contributed by atoms with van der Waals surface area (Å²) in [6.07, 6.45) is 0. The highest BCUT2D eigenvalue weighted by atomic mass is 16.5. The molecule has 0 saturated carbocycles. The van der Waals surface area contributed by atoms with Crippen molar-refractivity contribution in [3.8, 4) is 11.5 Å². The van der Waals surface area contributed by atoms with E-state index in [4.69, 9.17) is 9.47 Å². The minimum Gasteiger partial charge on any atom is -0.493 e. The van der Waals surface area contributed by atoms with E-state index in [1.807, 2.05) is 32.0 Å². The van der Waals surface area contributed by atoms with Gasteiger partial charge in [0.25, 0.3) is 5.56 Å². The lowest BCUT2D eigenvalue weighted by Crippen LogP contribution is -2.31. The lowest BCUT2D eigenvalue weighted by molar-refractivity contribution is -0.117. The number of rotatable bonds is 7. The van der Waals surface area contributed by atoms with E-state index in [0.717, 1.165) is 16.8 Å². The van der Waals surface area contributed by atoms with E-state index in [0.29, 0.717) is 34.8 Å². The third-order valence-electron chi connectivity index (χ3n) is 4.97. The van der Waals surface area contributed by atoms with Gasteiger partial charge < -0.3 is 19.8 Å². The first-order chi connectivity index (χ1) is 14.3. The van der Waals surface area contributed by atoms with Gasteiger partial charge in [-0.1, -0.05) is 12.1 Å². The SMILES string of the molecule is COc1cc2nc(CN(C)CC(=O)Nc3cccc(C)c3C)[nH]c(=O)c2cc1OC. The van der Waals surface area contributed by atoms with Gasteiger partial charge in [0, 0.05) is 11.8 Å². The number of ether oxygens (including phenoxy) is 2. The number of amides is 1. The molecule has 0 radical (unpaired) electrons. The van der Waals surface area contributed by atoms with Crippen molar-refractivity contribution in [2.24, 2.45) is 0 Å². The van der Waals surface area contributed by atoms with Crippen molar-refractivity contribution in [1.29, 1.82) is 0 Å². The number of nitrogens with zero attached hydrogens (tertiary/aromatic N) is 2. The smallest absolute Gasteiger partial charge is 0.258 e. The molecular weight excluding hydrogens is 384 g/mol. The van der Waals surface area contributed by atoms with Crippen LogP contribution in [0.25, 0.3) is 10.9 Å². The number of likely N-dealkylation sites (N-methyl/N-ethyl adjacent to an activating group) is 1. The van der Waals surface area contributed by atoms with Crippen LogP contribution in [-0.2, 0) is 11.3 Å². The van der Waals surface area contributed by atoms with Crippen molar-refractivity contribution in [1.82, 2.24) is 14.9 Å². The summed E-state index contributed by atoms with van der Waals surface area (Å²) in [4.78, 5) is 34.0. The first kappa shape index (κ1) is 21.3. The predicted molar refractivity (Wildman–Crippen MR) is 116 cm³/mol. The van der Waals surface area contributed by atoms with Crippen molar-refractivity contribution < 1.29 is 14.3 Å².